The van der Waals surface area contributed by atoms with E-state index in [2.05, 4.69) is 86.9 Å². The van der Waals surface area contributed by atoms with Crippen molar-refractivity contribution in [3.05, 3.63) is 105 Å². The van der Waals surface area contributed by atoms with Crippen LogP contribution in [-0.2, 0) is 0 Å². The third-order valence-corrected chi connectivity index (χ3v) is 7.10. The number of halogens is 2. The molecule has 0 bridgehead atoms. The molecule has 0 saturated carbocycles. The molecule has 0 spiro atoms. The van der Waals surface area contributed by atoms with Crippen LogP contribution in [0.5, 0.6) is 0 Å². The van der Waals surface area contributed by atoms with E-state index in [1.807, 2.05) is 18.2 Å². The van der Waals surface area contributed by atoms with Gasteiger partial charge in [-0.3, -0.25) is 0 Å². The molecule has 0 aliphatic rings. The highest BCUT2D eigenvalue weighted by Gasteiger charge is 2.26. The molecule has 5 rings (SSSR count). The molecule has 158 valence electrons. The van der Waals surface area contributed by atoms with Crippen LogP contribution in [0.15, 0.2) is 72.8 Å². The van der Waals surface area contributed by atoms with Gasteiger partial charge in [-0.15, -0.1) is 0 Å². The van der Waals surface area contributed by atoms with Gasteiger partial charge in [0.15, 0.2) is 0 Å². The fourth-order valence-corrected chi connectivity index (χ4v) is 5.09. The van der Waals surface area contributed by atoms with Crippen molar-refractivity contribution in [2.45, 2.75) is 27.7 Å². The largest absolute Gasteiger partial charge is 0.219 e. The minimum Gasteiger partial charge on any atom is -0.153 e. The molecule has 0 N–H and O–H groups in total. The average molecular weight is 457 g/mol. The van der Waals surface area contributed by atoms with Crippen molar-refractivity contribution in [1.29, 1.82) is 0 Å². The summed E-state index contributed by atoms with van der Waals surface area (Å²) in [5.41, 5.74) is 10.4. The van der Waals surface area contributed by atoms with E-state index in [9.17, 15) is 0 Å². The van der Waals surface area contributed by atoms with E-state index in [4.69, 9.17) is 23.2 Å². The smallest absolute Gasteiger partial charge is 0.153 e. The first-order valence-corrected chi connectivity index (χ1v) is 11.5. The lowest BCUT2D eigenvalue weighted by Gasteiger charge is -2.17. The Labute approximate surface area is 198 Å². The molecule has 1 aromatic heterocycles. The Morgan fingerprint density at radius 3 is 1.50 bits per heavy atom. The van der Waals surface area contributed by atoms with E-state index in [1.165, 1.54) is 22.3 Å². The number of aryl methyl sites for hydroxylation is 4. The molecule has 0 saturated heterocycles. The Kier molecular flexibility index (Phi) is 5.20. The number of para-hydroxylation sites is 1. The standard InChI is InChI=1S/C29H24Cl2N/c1-17-13-22-26(15-19(17)3)32(21-9-6-5-7-10-21)27-16-20(4)18(2)14-23(27)28(22)29-24(30)11-8-12-25(29)31/h5-16H,1-4H3/q+1. The summed E-state index contributed by atoms with van der Waals surface area (Å²) in [4.78, 5) is 0. The predicted molar refractivity (Wildman–Crippen MR) is 137 cm³/mol. The predicted octanol–water partition coefficient (Wildman–Crippen LogP) is 8.48. The number of benzene rings is 4. The third-order valence-electron chi connectivity index (χ3n) is 6.47. The van der Waals surface area contributed by atoms with Gasteiger partial charge in [-0.1, -0.05) is 47.5 Å². The molecule has 0 radical (unpaired) electrons. The number of hydrogen-bond donors (Lipinski definition) is 0. The molecule has 0 unspecified atom stereocenters. The van der Waals surface area contributed by atoms with Crippen LogP contribution in [0.3, 0.4) is 0 Å². The van der Waals surface area contributed by atoms with E-state index in [-0.39, 0.29) is 0 Å². The highest BCUT2D eigenvalue weighted by Crippen LogP contribution is 2.43. The topological polar surface area (TPSA) is 3.88 Å². The van der Waals surface area contributed by atoms with Gasteiger partial charge in [0.2, 0.25) is 16.7 Å². The zero-order valence-corrected chi connectivity index (χ0v) is 20.1. The summed E-state index contributed by atoms with van der Waals surface area (Å²) in [6.45, 7) is 8.64. The number of rotatable bonds is 2. The van der Waals surface area contributed by atoms with Crippen LogP contribution < -0.4 is 4.57 Å². The summed E-state index contributed by atoms with van der Waals surface area (Å²) in [6.07, 6.45) is 0. The monoisotopic (exact) mass is 456 g/mol. The molecule has 5 aromatic rings. The Morgan fingerprint density at radius 2 is 1.00 bits per heavy atom. The van der Waals surface area contributed by atoms with E-state index in [0.29, 0.717) is 10.0 Å². The van der Waals surface area contributed by atoms with Gasteiger partial charge in [-0.2, -0.15) is 4.57 Å². The second-order valence-corrected chi connectivity index (χ2v) is 9.36. The van der Waals surface area contributed by atoms with Crippen LogP contribution in [0.25, 0.3) is 38.6 Å². The van der Waals surface area contributed by atoms with Crippen molar-refractivity contribution in [2.24, 2.45) is 0 Å². The lowest BCUT2D eigenvalue weighted by Crippen LogP contribution is -2.33. The van der Waals surface area contributed by atoms with Gasteiger partial charge in [0, 0.05) is 45.4 Å². The van der Waals surface area contributed by atoms with E-state index in [1.54, 1.807) is 0 Å². The molecular weight excluding hydrogens is 433 g/mol. The van der Waals surface area contributed by atoms with Crippen LogP contribution in [0, 0.1) is 27.7 Å². The van der Waals surface area contributed by atoms with Crippen LogP contribution in [0.2, 0.25) is 10.0 Å². The molecule has 3 heteroatoms. The van der Waals surface area contributed by atoms with Crippen molar-refractivity contribution >= 4 is 45.0 Å². The molecule has 0 aliphatic heterocycles. The molecule has 1 heterocycles. The maximum Gasteiger partial charge on any atom is 0.219 e. The Morgan fingerprint density at radius 1 is 0.531 bits per heavy atom. The molecule has 1 nitrogen and oxygen atoms in total. The minimum atomic E-state index is 0.661. The van der Waals surface area contributed by atoms with E-state index < -0.39 is 0 Å². The number of aromatic nitrogens is 1. The maximum atomic E-state index is 6.77. The van der Waals surface area contributed by atoms with E-state index >= 15 is 0 Å². The van der Waals surface area contributed by atoms with Crippen LogP contribution in [-0.4, -0.2) is 0 Å². The zero-order chi connectivity index (χ0) is 22.6. The van der Waals surface area contributed by atoms with Crippen molar-refractivity contribution in [3.63, 3.8) is 0 Å². The quantitative estimate of drug-likeness (QED) is 0.185. The fraction of sp³-hybridized carbons (Fsp3) is 0.138. The van der Waals surface area contributed by atoms with Gasteiger partial charge >= 0.3 is 0 Å². The molecular formula is C29H24Cl2N+. The lowest BCUT2D eigenvalue weighted by atomic mass is 9.91. The maximum absolute atomic E-state index is 6.77. The lowest BCUT2D eigenvalue weighted by molar-refractivity contribution is -0.538. The Balaban J connectivity index is 2.12. The molecule has 4 aromatic carbocycles. The van der Waals surface area contributed by atoms with E-state index in [0.717, 1.165) is 38.6 Å². The van der Waals surface area contributed by atoms with Gasteiger partial charge in [0.1, 0.15) is 0 Å². The van der Waals surface area contributed by atoms with Crippen molar-refractivity contribution in [2.75, 3.05) is 0 Å². The second kappa shape index (κ2) is 7.92. The number of fused-ring (bicyclic) bond motifs is 2. The summed E-state index contributed by atoms with van der Waals surface area (Å²) in [5, 5.41) is 3.61. The van der Waals surface area contributed by atoms with Crippen LogP contribution in [0.4, 0.5) is 0 Å². The van der Waals surface area contributed by atoms with Crippen molar-refractivity contribution in [3.8, 4) is 16.8 Å². The fourth-order valence-electron chi connectivity index (χ4n) is 4.51. The summed E-state index contributed by atoms with van der Waals surface area (Å²) in [5.74, 6) is 0. The summed E-state index contributed by atoms with van der Waals surface area (Å²) in [6, 6.07) is 25.4. The highest BCUT2D eigenvalue weighted by atomic mass is 35.5. The number of hydrogen-bond acceptors (Lipinski definition) is 0. The van der Waals surface area contributed by atoms with Gasteiger partial charge < -0.3 is 0 Å². The van der Waals surface area contributed by atoms with Gasteiger partial charge in [0.05, 0.1) is 10.8 Å². The Bertz CT molecular complexity index is 1430. The Hall–Kier alpha value is -2.87. The molecule has 0 atom stereocenters. The van der Waals surface area contributed by atoms with Crippen molar-refractivity contribution in [1.82, 2.24) is 0 Å². The first kappa shape index (κ1) is 21.0. The number of pyridine rings is 1. The highest BCUT2D eigenvalue weighted by molar-refractivity contribution is 6.40. The van der Waals surface area contributed by atoms with Crippen LogP contribution >= 0.6 is 23.2 Å². The summed E-state index contributed by atoms with van der Waals surface area (Å²) >= 11 is 13.5. The normalized spacial score (nSPS) is 11.4. The van der Waals surface area contributed by atoms with Gasteiger partial charge in [-0.05, 0) is 74.2 Å². The van der Waals surface area contributed by atoms with Gasteiger partial charge in [-0.25, -0.2) is 0 Å². The molecule has 0 amide bonds. The summed E-state index contributed by atoms with van der Waals surface area (Å²) in [7, 11) is 0. The third kappa shape index (κ3) is 3.28. The minimum absolute atomic E-state index is 0.661. The molecule has 0 aliphatic carbocycles. The SMILES string of the molecule is Cc1cc2c(-c3c(Cl)cccc3Cl)c3cc(C)c(C)cc3[n+](-c3ccccc3)c2cc1C. The second-order valence-electron chi connectivity index (χ2n) is 8.55. The first-order chi connectivity index (χ1) is 15.4. The van der Waals surface area contributed by atoms with Gasteiger partial charge in [0.25, 0.3) is 0 Å². The zero-order valence-electron chi connectivity index (χ0n) is 18.6. The first-order valence-electron chi connectivity index (χ1n) is 10.8. The molecule has 32 heavy (non-hydrogen) atoms. The average Bonchev–Trinajstić information content (AvgIpc) is 2.76. The van der Waals surface area contributed by atoms with Crippen molar-refractivity contribution < 1.29 is 4.57 Å². The molecule has 0 fully saturated rings. The summed E-state index contributed by atoms with van der Waals surface area (Å²) < 4.78 is 2.36. The van der Waals surface area contributed by atoms with Crippen LogP contribution in [0.1, 0.15) is 22.3 Å². The number of nitrogens with zero attached hydrogens (tertiary/aromatic N) is 1.